The van der Waals surface area contributed by atoms with Crippen molar-refractivity contribution in [2.24, 2.45) is 0 Å². The molecule has 3 heterocycles. The Labute approximate surface area is 231 Å². The Morgan fingerprint density at radius 3 is 2.72 bits per heavy atom. The van der Waals surface area contributed by atoms with Crippen molar-refractivity contribution in [3.8, 4) is 0 Å². The fourth-order valence-electron chi connectivity index (χ4n) is 3.86. The summed E-state index contributed by atoms with van der Waals surface area (Å²) in [6, 6.07) is 9.00. The minimum Gasteiger partial charge on any atom is -0.378 e. The van der Waals surface area contributed by atoms with E-state index in [0.29, 0.717) is 37.0 Å². The molecule has 11 heteroatoms. The molecule has 9 nitrogen and oxygen atoms in total. The molecule has 1 saturated heterocycles. The lowest BCUT2D eigenvalue weighted by Crippen LogP contribution is -2.38. The van der Waals surface area contributed by atoms with E-state index in [2.05, 4.69) is 50.7 Å². The summed E-state index contributed by atoms with van der Waals surface area (Å²) in [5.41, 5.74) is 8.71. The van der Waals surface area contributed by atoms with Gasteiger partial charge in [0, 0.05) is 23.8 Å². The number of carbonyl (C=O) groups excluding carboxylic acids is 1. The number of morpholine rings is 1. The van der Waals surface area contributed by atoms with Gasteiger partial charge in [0.1, 0.15) is 5.69 Å². The number of anilines is 4. The van der Waals surface area contributed by atoms with E-state index in [9.17, 15) is 9.18 Å². The Hall–Kier alpha value is -4.28. The molecule has 0 unspecified atom stereocenters. The number of hydrazine groups is 1. The second-order valence-electron chi connectivity index (χ2n) is 8.49. The number of ether oxygens (including phenoxy) is 1. The van der Waals surface area contributed by atoms with Crippen LogP contribution in [0.15, 0.2) is 73.6 Å². The van der Waals surface area contributed by atoms with Crippen LogP contribution >= 0.6 is 11.6 Å². The monoisotopic (exact) mass is 549 g/mol. The summed E-state index contributed by atoms with van der Waals surface area (Å²) in [7, 11) is 0. The quantitative estimate of drug-likeness (QED) is 0.224. The maximum Gasteiger partial charge on any atom is 0.288 e. The van der Waals surface area contributed by atoms with Gasteiger partial charge in [-0.2, -0.15) is 4.98 Å². The fraction of sp³-hybridized carbons (Fsp3) is 0.214. The fourth-order valence-corrected chi connectivity index (χ4v) is 4.10. The summed E-state index contributed by atoms with van der Waals surface area (Å²) >= 11 is 6.38. The Balaban J connectivity index is 1.40. The van der Waals surface area contributed by atoms with E-state index in [1.54, 1.807) is 29.3 Å². The van der Waals surface area contributed by atoms with Crippen molar-refractivity contribution in [2.45, 2.75) is 13.3 Å². The van der Waals surface area contributed by atoms with Crippen LogP contribution in [-0.2, 0) is 4.74 Å². The average Bonchev–Trinajstić information content (AvgIpc) is 2.95. The van der Waals surface area contributed by atoms with Gasteiger partial charge in [-0.1, -0.05) is 49.4 Å². The maximum atomic E-state index is 14.2. The maximum absolute atomic E-state index is 14.2. The van der Waals surface area contributed by atoms with Crippen molar-refractivity contribution in [3.05, 3.63) is 95.7 Å². The van der Waals surface area contributed by atoms with Gasteiger partial charge in [-0.15, -0.1) is 0 Å². The number of halogens is 2. The molecular formula is C28H29ClFN7O2. The van der Waals surface area contributed by atoms with Crippen molar-refractivity contribution < 1.29 is 13.9 Å². The number of amides is 1. The van der Waals surface area contributed by atoms with Gasteiger partial charge in [0.2, 0.25) is 5.95 Å². The summed E-state index contributed by atoms with van der Waals surface area (Å²) in [4.78, 5) is 26.7. The van der Waals surface area contributed by atoms with Crippen LogP contribution in [0.3, 0.4) is 0 Å². The molecule has 3 aromatic rings. The molecule has 1 aliphatic heterocycles. The van der Waals surface area contributed by atoms with Gasteiger partial charge in [-0.05, 0) is 47.9 Å². The van der Waals surface area contributed by atoms with Gasteiger partial charge in [0.15, 0.2) is 11.6 Å². The predicted octanol–water partition coefficient (Wildman–Crippen LogP) is 5.54. The number of pyridine rings is 1. The first kappa shape index (κ1) is 27.7. The highest BCUT2D eigenvalue weighted by Crippen LogP contribution is 2.27. The topological polar surface area (TPSA) is 104 Å². The van der Waals surface area contributed by atoms with E-state index in [4.69, 9.17) is 16.3 Å². The smallest absolute Gasteiger partial charge is 0.288 e. The van der Waals surface area contributed by atoms with E-state index >= 15 is 0 Å². The van der Waals surface area contributed by atoms with Gasteiger partial charge in [0.25, 0.3) is 5.91 Å². The first-order valence-electron chi connectivity index (χ1n) is 12.4. The summed E-state index contributed by atoms with van der Waals surface area (Å²) in [5, 5.41) is 3.85. The van der Waals surface area contributed by atoms with Crippen LogP contribution in [0.5, 0.6) is 0 Å². The number of rotatable bonds is 10. The van der Waals surface area contributed by atoms with Crippen LogP contribution in [0.4, 0.5) is 27.5 Å². The van der Waals surface area contributed by atoms with Crippen LogP contribution in [0.25, 0.3) is 5.57 Å². The van der Waals surface area contributed by atoms with E-state index in [1.165, 1.54) is 0 Å². The first-order valence-corrected chi connectivity index (χ1v) is 12.8. The van der Waals surface area contributed by atoms with Crippen molar-refractivity contribution in [1.29, 1.82) is 0 Å². The normalized spacial score (nSPS) is 13.8. The highest BCUT2D eigenvalue weighted by molar-refractivity contribution is 6.31. The Morgan fingerprint density at radius 1 is 1.18 bits per heavy atom. The van der Waals surface area contributed by atoms with E-state index in [-0.39, 0.29) is 17.5 Å². The van der Waals surface area contributed by atoms with Crippen molar-refractivity contribution in [1.82, 2.24) is 20.4 Å². The molecule has 0 radical (unpaired) electrons. The SMILES string of the molecule is C=C/C=C\C(=C/CC)c1cc(Cl)cc(Nc2ccc(C(=O)NNc3ncc(F)c(N4CCOCC4)n3)nc2)c1. The van der Waals surface area contributed by atoms with Crippen LogP contribution in [0.2, 0.25) is 5.02 Å². The molecule has 4 rings (SSSR count). The Morgan fingerprint density at radius 2 is 2.00 bits per heavy atom. The minimum atomic E-state index is -0.545. The van der Waals surface area contributed by atoms with Crippen LogP contribution in [-0.4, -0.2) is 47.2 Å². The highest BCUT2D eigenvalue weighted by atomic mass is 35.5. The average molecular weight is 550 g/mol. The molecule has 0 spiro atoms. The number of benzene rings is 1. The number of nitrogens with one attached hydrogen (secondary N) is 3. The van der Waals surface area contributed by atoms with Gasteiger partial charge in [-0.25, -0.2) is 14.4 Å². The largest absolute Gasteiger partial charge is 0.378 e. The molecule has 39 heavy (non-hydrogen) atoms. The third-order valence-corrected chi connectivity index (χ3v) is 5.89. The van der Waals surface area contributed by atoms with Gasteiger partial charge >= 0.3 is 0 Å². The second-order valence-corrected chi connectivity index (χ2v) is 8.93. The zero-order chi connectivity index (χ0) is 27.6. The number of hydrogen-bond donors (Lipinski definition) is 3. The second kappa shape index (κ2) is 13.5. The molecular weight excluding hydrogens is 521 g/mol. The zero-order valence-electron chi connectivity index (χ0n) is 21.5. The van der Waals surface area contributed by atoms with Crippen molar-refractivity contribution in [3.63, 3.8) is 0 Å². The molecule has 0 bridgehead atoms. The van der Waals surface area contributed by atoms with Crippen molar-refractivity contribution in [2.75, 3.05) is 41.9 Å². The number of allylic oxidation sites excluding steroid dienone is 5. The van der Waals surface area contributed by atoms with Gasteiger partial charge in [0.05, 0.1) is 31.3 Å². The predicted molar refractivity (Wildman–Crippen MR) is 153 cm³/mol. The summed E-state index contributed by atoms with van der Waals surface area (Å²) in [5.74, 6) is -0.843. The minimum absolute atomic E-state index is 0.0562. The summed E-state index contributed by atoms with van der Waals surface area (Å²) < 4.78 is 19.5. The van der Waals surface area contributed by atoms with E-state index in [1.807, 2.05) is 30.4 Å². The van der Waals surface area contributed by atoms with Gasteiger partial charge < -0.3 is 15.0 Å². The summed E-state index contributed by atoms with van der Waals surface area (Å²) in [6.07, 6.45) is 11.2. The molecule has 3 N–H and O–H groups in total. The highest BCUT2D eigenvalue weighted by Gasteiger charge is 2.18. The van der Waals surface area contributed by atoms with Gasteiger partial charge in [-0.3, -0.25) is 15.6 Å². The van der Waals surface area contributed by atoms with E-state index < -0.39 is 11.7 Å². The molecule has 0 aliphatic carbocycles. The molecule has 1 amide bonds. The molecule has 1 aromatic carbocycles. The lowest BCUT2D eigenvalue weighted by molar-refractivity contribution is 0.0957. The number of hydrogen-bond acceptors (Lipinski definition) is 8. The first-order chi connectivity index (χ1) is 19.0. The number of carbonyl (C=O) groups is 1. The number of nitrogens with zero attached hydrogens (tertiary/aromatic N) is 4. The Kier molecular flexibility index (Phi) is 9.60. The molecule has 0 saturated carbocycles. The van der Waals surface area contributed by atoms with Crippen LogP contribution in [0.1, 0.15) is 29.4 Å². The van der Waals surface area contributed by atoms with Crippen molar-refractivity contribution >= 4 is 46.2 Å². The lowest BCUT2D eigenvalue weighted by Gasteiger charge is -2.28. The van der Waals surface area contributed by atoms with E-state index in [0.717, 1.165) is 29.4 Å². The standard InChI is InChI=1S/C28H29ClFN7O2/c1-3-5-7-19(6-4-2)20-14-21(29)16-23(15-20)33-22-8-9-25(31-17-22)27(38)35-36-28-32-18-24(30)26(34-28)37-10-12-39-13-11-37/h3,5-9,14-18,33H,1,4,10-13H2,2H3,(H,35,38)(H,32,34,36)/b7-5-,19-6+. The summed E-state index contributed by atoms with van der Waals surface area (Å²) in [6.45, 7) is 7.81. The lowest BCUT2D eigenvalue weighted by atomic mass is 10.0. The molecule has 0 atom stereocenters. The molecule has 1 fully saturated rings. The third kappa shape index (κ3) is 7.62. The zero-order valence-corrected chi connectivity index (χ0v) is 22.2. The molecule has 2 aromatic heterocycles. The third-order valence-electron chi connectivity index (χ3n) is 5.68. The molecule has 1 aliphatic rings. The van der Waals surface area contributed by atoms with Crippen LogP contribution in [0, 0.1) is 5.82 Å². The number of aromatic nitrogens is 3. The molecule has 202 valence electrons. The van der Waals surface area contributed by atoms with Crippen LogP contribution < -0.4 is 21.1 Å². The Bertz CT molecular complexity index is 1370.